The van der Waals surface area contributed by atoms with Crippen LogP contribution in [0.25, 0.3) is 16.6 Å². The van der Waals surface area contributed by atoms with Gasteiger partial charge in [0.2, 0.25) is 5.91 Å². The molecule has 0 radical (unpaired) electrons. The number of nitrogens with zero attached hydrogens (tertiary/aromatic N) is 2. The molecule has 0 unspecified atom stereocenters. The summed E-state index contributed by atoms with van der Waals surface area (Å²) in [6, 6.07) is 18.1. The smallest absolute Gasteiger partial charge is 0.226 e. The summed E-state index contributed by atoms with van der Waals surface area (Å²) in [6.45, 7) is 8.17. The van der Waals surface area contributed by atoms with Gasteiger partial charge in [-0.05, 0) is 92.8 Å². The normalized spacial score (nSPS) is 16.0. The van der Waals surface area contributed by atoms with Crippen molar-refractivity contribution in [3.05, 3.63) is 89.4 Å². The molecule has 0 aliphatic heterocycles. The third-order valence-electron chi connectivity index (χ3n) is 7.09. The average Bonchev–Trinajstić information content (AvgIpc) is 3.46. The summed E-state index contributed by atoms with van der Waals surface area (Å²) in [4.78, 5) is 12.8. The van der Waals surface area contributed by atoms with E-state index in [1.807, 2.05) is 32.0 Å². The van der Waals surface area contributed by atoms with Crippen LogP contribution in [0.4, 0.5) is 4.39 Å². The standard InChI is InChI=1S/C29H30FN3O2/c1-18-5-6-21(15-19(18)2)27(20(3)32-28(34)29(4)13-14-29)35-25-11-12-26-22(16-25)17-31-33(26)24-9-7-23(30)8-10-24/h5-12,15-17,20,27H,13-14H2,1-4H3,(H,32,34)/t20-,27+/m0/s1. The topological polar surface area (TPSA) is 56.1 Å². The minimum absolute atomic E-state index is 0.0819. The molecule has 1 amide bonds. The van der Waals surface area contributed by atoms with Crippen molar-refractivity contribution in [3.8, 4) is 11.4 Å². The zero-order valence-corrected chi connectivity index (χ0v) is 20.5. The van der Waals surface area contributed by atoms with Crippen molar-refractivity contribution in [2.45, 2.75) is 52.7 Å². The second-order valence-electron chi connectivity index (χ2n) is 9.96. The minimum atomic E-state index is -0.356. The second kappa shape index (κ2) is 8.84. The summed E-state index contributed by atoms with van der Waals surface area (Å²) < 4.78 is 21.6. The van der Waals surface area contributed by atoms with Crippen molar-refractivity contribution in [1.29, 1.82) is 0 Å². The highest BCUT2D eigenvalue weighted by molar-refractivity contribution is 5.85. The van der Waals surface area contributed by atoms with Gasteiger partial charge < -0.3 is 10.1 Å². The number of hydrogen-bond acceptors (Lipinski definition) is 3. The van der Waals surface area contributed by atoms with Gasteiger partial charge in [0, 0.05) is 10.8 Å². The van der Waals surface area contributed by atoms with Crippen molar-refractivity contribution >= 4 is 16.8 Å². The lowest BCUT2D eigenvalue weighted by Crippen LogP contribution is -2.42. The van der Waals surface area contributed by atoms with E-state index >= 15 is 0 Å². The number of carbonyl (C=O) groups excluding carboxylic acids is 1. The first-order valence-electron chi connectivity index (χ1n) is 12.0. The lowest BCUT2D eigenvalue weighted by atomic mass is 9.98. The van der Waals surface area contributed by atoms with Crippen LogP contribution in [-0.2, 0) is 4.79 Å². The van der Waals surface area contributed by atoms with Crippen molar-refractivity contribution in [3.63, 3.8) is 0 Å². The molecule has 1 saturated carbocycles. The zero-order valence-electron chi connectivity index (χ0n) is 20.5. The number of aromatic nitrogens is 2. The van der Waals surface area contributed by atoms with Gasteiger partial charge in [-0.25, -0.2) is 9.07 Å². The number of hydrogen-bond donors (Lipinski definition) is 1. The number of carbonyl (C=O) groups is 1. The molecule has 180 valence electrons. The highest BCUT2D eigenvalue weighted by Gasteiger charge is 2.45. The van der Waals surface area contributed by atoms with Crippen LogP contribution < -0.4 is 10.1 Å². The van der Waals surface area contributed by atoms with Gasteiger partial charge in [-0.1, -0.05) is 25.1 Å². The van der Waals surface area contributed by atoms with Crippen LogP contribution in [0.1, 0.15) is 49.5 Å². The second-order valence-corrected chi connectivity index (χ2v) is 9.96. The minimum Gasteiger partial charge on any atom is -0.484 e. The predicted molar refractivity (Wildman–Crippen MR) is 135 cm³/mol. The van der Waals surface area contributed by atoms with Crippen molar-refractivity contribution in [2.24, 2.45) is 5.41 Å². The highest BCUT2D eigenvalue weighted by atomic mass is 19.1. The van der Waals surface area contributed by atoms with E-state index in [0.29, 0.717) is 5.75 Å². The summed E-state index contributed by atoms with van der Waals surface area (Å²) in [5.74, 6) is 0.492. The molecule has 5 rings (SSSR count). The molecule has 1 aliphatic carbocycles. The van der Waals surface area contributed by atoms with Crippen LogP contribution in [0.3, 0.4) is 0 Å². The summed E-state index contributed by atoms with van der Waals surface area (Å²) in [5.41, 5.74) is 4.84. The Labute approximate surface area is 204 Å². The van der Waals surface area contributed by atoms with E-state index in [1.165, 1.54) is 23.3 Å². The summed E-state index contributed by atoms with van der Waals surface area (Å²) in [6.07, 6.45) is 3.27. The monoisotopic (exact) mass is 471 g/mol. The molecule has 35 heavy (non-hydrogen) atoms. The Morgan fingerprint density at radius 2 is 1.80 bits per heavy atom. The molecule has 2 atom stereocenters. The molecule has 4 aromatic rings. The van der Waals surface area contributed by atoms with E-state index in [2.05, 4.69) is 42.5 Å². The molecule has 1 fully saturated rings. The van der Waals surface area contributed by atoms with Crippen LogP contribution >= 0.6 is 0 Å². The maximum atomic E-state index is 13.3. The van der Waals surface area contributed by atoms with Crippen LogP contribution in [0.15, 0.2) is 66.9 Å². The Bertz CT molecular complexity index is 1390. The Kier molecular flexibility index (Phi) is 5.83. The van der Waals surface area contributed by atoms with Crippen LogP contribution in [0.2, 0.25) is 0 Å². The quantitative estimate of drug-likeness (QED) is 0.349. The molecule has 1 aromatic heterocycles. The molecule has 0 bridgehead atoms. The van der Waals surface area contributed by atoms with E-state index < -0.39 is 0 Å². The van der Waals surface area contributed by atoms with Gasteiger partial charge in [0.05, 0.1) is 23.4 Å². The molecule has 1 heterocycles. The third-order valence-corrected chi connectivity index (χ3v) is 7.09. The molecule has 0 saturated heterocycles. The maximum absolute atomic E-state index is 13.3. The number of aryl methyl sites for hydroxylation is 2. The maximum Gasteiger partial charge on any atom is 0.226 e. The molecular weight excluding hydrogens is 441 g/mol. The number of rotatable bonds is 7. The number of amides is 1. The van der Waals surface area contributed by atoms with E-state index in [0.717, 1.165) is 35.0 Å². The summed E-state index contributed by atoms with van der Waals surface area (Å²) in [5, 5.41) is 8.59. The van der Waals surface area contributed by atoms with Crippen LogP contribution in [0.5, 0.6) is 5.75 Å². The highest BCUT2D eigenvalue weighted by Crippen LogP contribution is 2.45. The van der Waals surface area contributed by atoms with Gasteiger partial charge in [0.15, 0.2) is 0 Å². The summed E-state index contributed by atoms with van der Waals surface area (Å²) >= 11 is 0. The fraction of sp³-hybridized carbons (Fsp3) is 0.310. The molecule has 0 spiro atoms. The SMILES string of the molecule is Cc1ccc([C@H](Oc2ccc3c(cnn3-c3ccc(F)cc3)c2)[C@H](C)NC(=O)C2(C)CC2)cc1C. The third kappa shape index (κ3) is 4.65. The van der Waals surface area contributed by atoms with Crippen molar-refractivity contribution in [2.75, 3.05) is 0 Å². The van der Waals surface area contributed by atoms with Gasteiger partial charge in [-0.15, -0.1) is 0 Å². The number of ether oxygens (including phenoxy) is 1. The predicted octanol–water partition coefficient (Wildman–Crippen LogP) is 6.21. The first kappa shape index (κ1) is 23.1. The number of benzene rings is 3. The molecule has 1 N–H and O–H groups in total. The number of halogens is 1. The fourth-order valence-electron chi connectivity index (χ4n) is 4.29. The lowest BCUT2D eigenvalue weighted by molar-refractivity contribution is -0.127. The molecular formula is C29H30FN3O2. The van der Waals surface area contributed by atoms with E-state index in [9.17, 15) is 9.18 Å². The lowest BCUT2D eigenvalue weighted by Gasteiger charge is -2.28. The number of nitrogens with one attached hydrogen (secondary N) is 1. The average molecular weight is 472 g/mol. The van der Waals surface area contributed by atoms with E-state index in [4.69, 9.17) is 4.74 Å². The van der Waals surface area contributed by atoms with Crippen molar-refractivity contribution in [1.82, 2.24) is 15.1 Å². The van der Waals surface area contributed by atoms with Crippen LogP contribution in [0, 0.1) is 25.1 Å². The Balaban J connectivity index is 1.44. The first-order valence-corrected chi connectivity index (χ1v) is 12.0. The van der Waals surface area contributed by atoms with E-state index in [1.54, 1.807) is 23.0 Å². The summed E-state index contributed by atoms with van der Waals surface area (Å²) in [7, 11) is 0. The van der Waals surface area contributed by atoms with E-state index in [-0.39, 0.29) is 29.3 Å². The van der Waals surface area contributed by atoms with Gasteiger partial charge in [-0.2, -0.15) is 5.10 Å². The molecule has 3 aromatic carbocycles. The molecule has 5 nitrogen and oxygen atoms in total. The Morgan fingerprint density at radius 1 is 1.06 bits per heavy atom. The van der Waals surface area contributed by atoms with Gasteiger partial charge in [-0.3, -0.25) is 4.79 Å². The largest absolute Gasteiger partial charge is 0.484 e. The Morgan fingerprint density at radius 3 is 2.49 bits per heavy atom. The first-order chi connectivity index (χ1) is 16.7. The van der Waals surface area contributed by atoms with Gasteiger partial charge >= 0.3 is 0 Å². The molecule has 6 heteroatoms. The fourth-order valence-corrected chi connectivity index (χ4v) is 4.29. The van der Waals surface area contributed by atoms with Crippen molar-refractivity contribution < 1.29 is 13.9 Å². The van der Waals surface area contributed by atoms with Crippen LogP contribution in [-0.4, -0.2) is 21.7 Å². The number of fused-ring (bicyclic) bond motifs is 1. The van der Waals surface area contributed by atoms with Gasteiger partial charge in [0.25, 0.3) is 0 Å². The van der Waals surface area contributed by atoms with Gasteiger partial charge in [0.1, 0.15) is 17.7 Å². The Hall–Kier alpha value is -3.67. The zero-order chi connectivity index (χ0) is 24.7. The molecule has 1 aliphatic rings.